The molecule has 0 atom stereocenters. The molecule has 19 heavy (non-hydrogen) atoms. The van der Waals surface area contributed by atoms with Gasteiger partial charge in [0.2, 0.25) is 0 Å². The minimum Gasteiger partial charge on any atom is -0.398 e. The first-order chi connectivity index (χ1) is 8.99. The third-order valence-electron chi connectivity index (χ3n) is 3.87. The average Bonchev–Trinajstić information content (AvgIpc) is 3.11. The number of nitrogen functional groups attached to an aromatic ring is 1. The van der Waals surface area contributed by atoms with Crippen molar-refractivity contribution in [3.05, 3.63) is 53.8 Å². The van der Waals surface area contributed by atoms with Crippen molar-refractivity contribution in [2.24, 2.45) is 0 Å². The number of aryl methyl sites for hydroxylation is 1. The van der Waals surface area contributed by atoms with E-state index < -0.39 is 0 Å². The van der Waals surface area contributed by atoms with E-state index in [1.165, 1.54) is 24.1 Å². The third kappa shape index (κ3) is 1.88. The van der Waals surface area contributed by atoms with Gasteiger partial charge in [0.1, 0.15) is 0 Å². The molecule has 0 bridgehead atoms. The summed E-state index contributed by atoms with van der Waals surface area (Å²) in [5.41, 5.74) is 13.7. The number of nitrogens with zero attached hydrogens (tertiary/aromatic N) is 1. The van der Waals surface area contributed by atoms with E-state index in [1.54, 1.807) is 0 Å². The van der Waals surface area contributed by atoms with Crippen LogP contribution in [0, 0.1) is 6.92 Å². The largest absolute Gasteiger partial charge is 0.398 e. The maximum atomic E-state index is 6.23. The molecule has 1 saturated carbocycles. The zero-order valence-corrected chi connectivity index (χ0v) is 11.7. The van der Waals surface area contributed by atoms with Crippen LogP contribution < -0.4 is 10.6 Å². The van der Waals surface area contributed by atoms with Gasteiger partial charge in [-0.3, -0.25) is 0 Å². The third-order valence-corrected chi connectivity index (χ3v) is 3.87. The van der Waals surface area contributed by atoms with E-state index in [0.29, 0.717) is 6.04 Å². The lowest BCUT2D eigenvalue weighted by Gasteiger charge is -2.32. The monoisotopic (exact) mass is 252 g/mol. The molecule has 1 aromatic carbocycles. The van der Waals surface area contributed by atoms with Crippen molar-refractivity contribution in [2.75, 3.05) is 10.6 Å². The van der Waals surface area contributed by atoms with Crippen LogP contribution in [0.2, 0.25) is 0 Å². The normalized spacial score (nSPS) is 18.1. The number of hydrogen-bond acceptors (Lipinski definition) is 2. The van der Waals surface area contributed by atoms with Crippen molar-refractivity contribution in [3.63, 3.8) is 0 Å². The molecular weight excluding hydrogens is 232 g/mol. The molecule has 1 aliphatic heterocycles. The van der Waals surface area contributed by atoms with Gasteiger partial charge >= 0.3 is 0 Å². The molecule has 0 unspecified atom stereocenters. The molecule has 0 radical (unpaired) electrons. The summed E-state index contributed by atoms with van der Waals surface area (Å²) in [6.45, 7) is 12.4. The number of anilines is 2. The van der Waals surface area contributed by atoms with E-state index >= 15 is 0 Å². The maximum Gasteiger partial charge on any atom is 0.0512 e. The van der Waals surface area contributed by atoms with Crippen molar-refractivity contribution in [1.29, 1.82) is 0 Å². The van der Waals surface area contributed by atoms with Gasteiger partial charge in [-0.25, -0.2) is 0 Å². The first-order valence-corrected chi connectivity index (χ1v) is 6.75. The smallest absolute Gasteiger partial charge is 0.0512 e. The van der Waals surface area contributed by atoms with Gasteiger partial charge in [0, 0.05) is 29.1 Å². The van der Waals surface area contributed by atoms with Crippen LogP contribution >= 0.6 is 0 Å². The summed E-state index contributed by atoms with van der Waals surface area (Å²) in [7, 11) is 0. The number of hydrogen-bond donors (Lipinski definition) is 1. The van der Waals surface area contributed by atoms with Crippen molar-refractivity contribution < 1.29 is 0 Å². The first kappa shape index (κ1) is 12.1. The second-order valence-electron chi connectivity index (χ2n) is 5.69. The molecule has 3 rings (SSSR count). The van der Waals surface area contributed by atoms with E-state index in [-0.39, 0.29) is 0 Å². The van der Waals surface area contributed by atoms with Crippen LogP contribution in [0.3, 0.4) is 0 Å². The zero-order valence-electron chi connectivity index (χ0n) is 11.7. The van der Waals surface area contributed by atoms with Crippen LogP contribution in [0.25, 0.3) is 5.57 Å². The second kappa shape index (κ2) is 4.02. The summed E-state index contributed by atoms with van der Waals surface area (Å²) >= 11 is 0. The summed E-state index contributed by atoms with van der Waals surface area (Å²) in [5, 5.41) is 0. The Morgan fingerprint density at radius 1 is 1.37 bits per heavy atom. The second-order valence-corrected chi connectivity index (χ2v) is 5.69. The van der Waals surface area contributed by atoms with Gasteiger partial charge in [-0.05, 0) is 55.5 Å². The predicted molar refractivity (Wildman–Crippen MR) is 83.0 cm³/mol. The standard InChI is InChI=1S/C17H20N2/c1-10(2)14-9-19(13-5-6-13)16-8-11(3)7-15(18)17(16)12(14)4/h7-9,13H,1,4-6,18H2,2-3H3. The summed E-state index contributed by atoms with van der Waals surface area (Å²) in [5.74, 6) is 0. The quantitative estimate of drug-likeness (QED) is 0.805. The summed E-state index contributed by atoms with van der Waals surface area (Å²) in [4.78, 5) is 2.36. The molecule has 2 nitrogen and oxygen atoms in total. The summed E-state index contributed by atoms with van der Waals surface area (Å²) in [6.07, 6.45) is 4.70. The van der Waals surface area contributed by atoms with Crippen LogP contribution in [0.1, 0.15) is 30.9 Å². The lowest BCUT2D eigenvalue weighted by Crippen LogP contribution is -2.25. The first-order valence-electron chi connectivity index (χ1n) is 6.75. The Hall–Kier alpha value is -1.96. The number of allylic oxidation sites excluding steroid dienone is 3. The lowest BCUT2D eigenvalue weighted by atomic mass is 9.89. The molecule has 2 heteroatoms. The molecule has 1 aliphatic carbocycles. The predicted octanol–water partition coefficient (Wildman–Crippen LogP) is 4.03. The van der Waals surface area contributed by atoms with Gasteiger partial charge in [0.15, 0.2) is 0 Å². The topological polar surface area (TPSA) is 29.3 Å². The Bertz CT molecular complexity index is 618. The molecule has 0 spiro atoms. The molecule has 1 fully saturated rings. The van der Waals surface area contributed by atoms with Gasteiger partial charge in [0.25, 0.3) is 0 Å². The molecule has 1 heterocycles. The van der Waals surface area contributed by atoms with E-state index in [4.69, 9.17) is 5.73 Å². The van der Waals surface area contributed by atoms with Crippen LogP contribution in [-0.4, -0.2) is 6.04 Å². The van der Waals surface area contributed by atoms with E-state index in [9.17, 15) is 0 Å². The van der Waals surface area contributed by atoms with Crippen LogP contribution in [0.4, 0.5) is 11.4 Å². The minimum absolute atomic E-state index is 0.613. The van der Waals surface area contributed by atoms with Crippen molar-refractivity contribution >= 4 is 16.9 Å². The van der Waals surface area contributed by atoms with E-state index in [0.717, 1.165) is 28.0 Å². The number of nitrogens with two attached hydrogens (primary N) is 1. The molecule has 2 N–H and O–H groups in total. The van der Waals surface area contributed by atoms with Crippen LogP contribution in [0.5, 0.6) is 0 Å². The number of rotatable bonds is 2. The fourth-order valence-electron chi connectivity index (χ4n) is 2.77. The highest BCUT2D eigenvalue weighted by Gasteiger charge is 2.33. The SMILES string of the molecule is C=C(C)C1=CN(C2CC2)c2cc(C)cc(N)c2C1=C. The summed E-state index contributed by atoms with van der Waals surface area (Å²) < 4.78 is 0. The fourth-order valence-corrected chi connectivity index (χ4v) is 2.77. The van der Waals surface area contributed by atoms with Gasteiger partial charge in [0.05, 0.1) is 5.69 Å². The van der Waals surface area contributed by atoms with E-state index in [2.05, 4.69) is 37.2 Å². The van der Waals surface area contributed by atoms with E-state index in [1.807, 2.05) is 13.0 Å². The molecule has 1 aromatic rings. The molecule has 98 valence electrons. The Labute approximate surface area is 114 Å². The molecule has 0 amide bonds. The average molecular weight is 252 g/mol. The Kier molecular flexibility index (Phi) is 2.56. The Balaban J connectivity index is 2.22. The van der Waals surface area contributed by atoms with Gasteiger partial charge < -0.3 is 10.6 Å². The van der Waals surface area contributed by atoms with Crippen molar-refractivity contribution in [1.82, 2.24) is 0 Å². The Morgan fingerprint density at radius 3 is 2.63 bits per heavy atom. The summed E-state index contributed by atoms with van der Waals surface area (Å²) in [6, 6.07) is 4.85. The highest BCUT2D eigenvalue weighted by molar-refractivity contribution is 5.96. The highest BCUT2D eigenvalue weighted by Crippen LogP contribution is 2.46. The maximum absolute atomic E-state index is 6.23. The highest BCUT2D eigenvalue weighted by atomic mass is 15.2. The zero-order chi connectivity index (χ0) is 13.7. The molecule has 0 saturated heterocycles. The van der Waals surface area contributed by atoms with Gasteiger partial charge in [-0.15, -0.1) is 0 Å². The van der Waals surface area contributed by atoms with Crippen molar-refractivity contribution in [2.45, 2.75) is 32.7 Å². The van der Waals surface area contributed by atoms with Crippen molar-refractivity contribution in [3.8, 4) is 0 Å². The lowest BCUT2D eigenvalue weighted by molar-refractivity contribution is 0.946. The molecular formula is C17H20N2. The molecule has 0 aromatic heterocycles. The van der Waals surface area contributed by atoms with Crippen LogP contribution in [-0.2, 0) is 0 Å². The number of fused-ring (bicyclic) bond motifs is 1. The molecule has 2 aliphatic rings. The van der Waals surface area contributed by atoms with Gasteiger partial charge in [-0.2, -0.15) is 0 Å². The van der Waals surface area contributed by atoms with Gasteiger partial charge in [-0.1, -0.05) is 13.2 Å². The fraction of sp³-hybridized carbons (Fsp3) is 0.294. The Morgan fingerprint density at radius 2 is 2.05 bits per heavy atom. The minimum atomic E-state index is 0.613. The number of benzene rings is 1. The van der Waals surface area contributed by atoms with Crippen LogP contribution in [0.15, 0.2) is 42.6 Å².